The molecule has 3 rings (SSSR count). The Morgan fingerprint density at radius 1 is 0.913 bits per heavy atom. The minimum Gasteiger partial charge on any atom is -0.318 e. The predicted octanol–water partition coefficient (Wildman–Crippen LogP) is 2.20. The number of rotatable bonds is 2. The van der Waals surface area contributed by atoms with Gasteiger partial charge in [0.05, 0.1) is 0 Å². The fourth-order valence-electron chi connectivity index (χ4n) is 2.49. The van der Waals surface area contributed by atoms with Crippen LogP contribution in [-0.4, -0.2) is 17.5 Å². The molecule has 2 aromatic carbocycles. The van der Waals surface area contributed by atoms with Crippen LogP contribution in [0.5, 0.6) is 0 Å². The van der Waals surface area contributed by atoms with Gasteiger partial charge in [-0.05, 0) is 30.2 Å². The SMILES string of the molecule is Cc1ccc(NC(=O)C(=O)NN=C2Cc3ccccc3C2)cc1. The highest BCUT2D eigenvalue weighted by Crippen LogP contribution is 2.19. The van der Waals surface area contributed by atoms with Crippen LogP contribution in [0.25, 0.3) is 0 Å². The number of fused-ring (bicyclic) bond motifs is 1. The van der Waals surface area contributed by atoms with Gasteiger partial charge in [-0.15, -0.1) is 0 Å². The van der Waals surface area contributed by atoms with E-state index in [-0.39, 0.29) is 0 Å². The largest absolute Gasteiger partial charge is 0.329 e. The summed E-state index contributed by atoms with van der Waals surface area (Å²) in [5.41, 5.74) is 7.27. The van der Waals surface area contributed by atoms with Crippen molar-refractivity contribution in [3.8, 4) is 0 Å². The van der Waals surface area contributed by atoms with E-state index in [1.54, 1.807) is 12.1 Å². The Morgan fingerprint density at radius 3 is 2.13 bits per heavy atom. The van der Waals surface area contributed by atoms with Crippen LogP contribution in [0.15, 0.2) is 53.6 Å². The lowest BCUT2D eigenvalue weighted by Gasteiger charge is -2.04. The molecule has 0 aliphatic heterocycles. The van der Waals surface area contributed by atoms with Gasteiger partial charge < -0.3 is 5.32 Å². The summed E-state index contributed by atoms with van der Waals surface area (Å²) in [7, 11) is 0. The Hall–Kier alpha value is -2.95. The van der Waals surface area contributed by atoms with Crippen molar-refractivity contribution in [1.82, 2.24) is 5.43 Å². The van der Waals surface area contributed by atoms with Crippen molar-refractivity contribution in [1.29, 1.82) is 0 Å². The summed E-state index contributed by atoms with van der Waals surface area (Å²) < 4.78 is 0. The van der Waals surface area contributed by atoms with Gasteiger partial charge in [0, 0.05) is 24.2 Å². The average molecular weight is 307 g/mol. The molecule has 0 unspecified atom stereocenters. The van der Waals surface area contributed by atoms with Gasteiger partial charge in [0.1, 0.15) is 0 Å². The number of carbonyl (C=O) groups is 2. The third-order valence-corrected chi connectivity index (χ3v) is 3.74. The van der Waals surface area contributed by atoms with Crippen molar-refractivity contribution in [2.24, 2.45) is 5.10 Å². The molecule has 5 nitrogen and oxygen atoms in total. The molecular weight excluding hydrogens is 290 g/mol. The second-order valence-corrected chi connectivity index (χ2v) is 5.56. The van der Waals surface area contributed by atoms with Gasteiger partial charge in [-0.2, -0.15) is 5.10 Å². The van der Waals surface area contributed by atoms with Crippen LogP contribution >= 0.6 is 0 Å². The number of benzene rings is 2. The van der Waals surface area contributed by atoms with Crippen LogP contribution in [0.4, 0.5) is 5.69 Å². The normalized spacial score (nSPS) is 12.5. The van der Waals surface area contributed by atoms with Gasteiger partial charge in [-0.3, -0.25) is 9.59 Å². The van der Waals surface area contributed by atoms with Crippen LogP contribution in [-0.2, 0) is 22.4 Å². The van der Waals surface area contributed by atoms with Gasteiger partial charge in [-0.25, -0.2) is 5.43 Å². The summed E-state index contributed by atoms with van der Waals surface area (Å²) in [6, 6.07) is 15.3. The molecule has 0 atom stereocenters. The summed E-state index contributed by atoms with van der Waals surface area (Å²) in [4.78, 5) is 23.6. The molecule has 0 fully saturated rings. The van der Waals surface area contributed by atoms with Gasteiger partial charge in [0.2, 0.25) is 0 Å². The van der Waals surface area contributed by atoms with Crippen molar-refractivity contribution in [2.45, 2.75) is 19.8 Å². The van der Waals surface area contributed by atoms with E-state index in [1.165, 1.54) is 11.1 Å². The summed E-state index contributed by atoms with van der Waals surface area (Å²) in [6.45, 7) is 1.95. The lowest BCUT2D eigenvalue weighted by Crippen LogP contribution is -2.33. The lowest BCUT2D eigenvalue weighted by molar-refractivity contribution is -0.136. The molecule has 0 spiro atoms. The third-order valence-electron chi connectivity index (χ3n) is 3.74. The Labute approximate surface area is 134 Å². The van der Waals surface area contributed by atoms with Gasteiger partial charge in [0.15, 0.2) is 0 Å². The van der Waals surface area contributed by atoms with E-state index >= 15 is 0 Å². The van der Waals surface area contributed by atoms with Crippen molar-refractivity contribution in [3.63, 3.8) is 0 Å². The molecule has 1 aliphatic carbocycles. The quantitative estimate of drug-likeness (QED) is 0.659. The maximum absolute atomic E-state index is 11.8. The van der Waals surface area contributed by atoms with Crippen molar-refractivity contribution in [3.05, 3.63) is 65.2 Å². The monoisotopic (exact) mass is 307 g/mol. The number of amides is 2. The molecule has 5 heteroatoms. The number of hydrogen-bond acceptors (Lipinski definition) is 3. The van der Waals surface area contributed by atoms with Crippen LogP contribution in [0.3, 0.4) is 0 Å². The van der Waals surface area contributed by atoms with Crippen molar-refractivity contribution >= 4 is 23.2 Å². The molecule has 0 bridgehead atoms. The first-order valence-electron chi connectivity index (χ1n) is 7.42. The number of aryl methyl sites for hydroxylation is 1. The molecule has 2 amide bonds. The number of nitrogens with zero attached hydrogens (tertiary/aromatic N) is 1. The summed E-state index contributed by atoms with van der Waals surface area (Å²) in [6.07, 6.45) is 1.41. The van der Waals surface area contributed by atoms with Crippen LogP contribution in [0.1, 0.15) is 16.7 Å². The van der Waals surface area contributed by atoms with E-state index in [0.29, 0.717) is 18.5 Å². The highest BCUT2D eigenvalue weighted by molar-refractivity contribution is 6.39. The van der Waals surface area contributed by atoms with Gasteiger partial charge in [-0.1, -0.05) is 42.0 Å². The zero-order chi connectivity index (χ0) is 16.2. The molecule has 1 aliphatic rings. The minimum absolute atomic E-state index is 0.580. The molecule has 116 valence electrons. The molecule has 2 N–H and O–H groups in total. The Bertz CT molecular complexity index is 752. The molecule has 0 heterocycles. The highest BCUT2D eigenvalue weighted by Gasteiger charge is 2.18. The molecule has 0 radical (unpaired) electrons. The molecular formula is C18H17N3O2. The Balaban J connectivity index is 1.56. The first-order chi connectivity index (χ1) is 11.1. The molecule has 0 aromatic heterocycles. The first kappa shape index (κ1) is 15.0. The maximum Gasteiger partial charge on any atom is 0.329 e. The molecule has 0 saturated heterocycles. The lowest BCUT2D eigenvalue weighted by atomic mass is 10.1. The second kappa shape index (κ2) is 6.44. The minimum atomic E-state index is -0.769. The number of anilines is 1. The number of nitrogens with one attached hydrogen (secondary N) is 2. The van der Waals surface area contributed by atoms with E-state index < -0.39 is 11.8 Å². The Morgan fingerprint density at radius 2 is 1.52 bits per heavy atom. The smallest absolute Gasteiger partial charge is 0.318 e. The van der Waals surface area contributed by atoms with Crippen LogP contribution in [0, 0.1) is 6.92 Å². The summed E-state index contributed by atoms with van der Waals surface area (Å²) in [5.74, 6) is -1.50. The van der Waals surface area contributed by atoms with E-state index in [9.17, 15) is 9.59 Å². The predicted molar refractivity (Wildman–Crippen MR) is 89.2 cm³/mol. The average Bonchev–Trinajstić information content (AvgIpc) is 2.97. The zero-order valence-electron chi connectivity index (χ0n) is 12.8. The maximum atomic E-state index is 11.8. The van der Waals surface area contributed by atoms with Crippen molar-refractivity contribution < 1.29 is 9.59 Å². The highest BCUT2D eigenvalue weighted by atomic mass is 16.2. The number of carbonyl (C=O) groups excluding carboxylic acids is 2. The van der Waals surface area contributed by atoms with E-state index in [0.717, 1.165) is 11.3 Å². The number of hydrazone groups is 1. The fraction of sp³-hybridized carbons (Fsp3) is 0.167. The zero-order valence-corrected chi connectivity index (χ0v) is 12.8. The Kier molecular flexibility index (Phi) is 4.19. The summed E-state index contributed by atoms with van der Waals surface area (Å²) >= 11 is 0. The third kappa shape index (κ3) is 3.63. The van der Waals surface area contributed by atoms with Crippen molar-refractivity contribution in [2.75, 3.05) is 5.32 Å². The topological polar surface area (TPSA) is 70.6 Å². The van der Waals surface area contributed by atoms with E-state index in [1.807, 2.05) is 43.3 Å². The standard InChI is InChI=1S/C18H17N3O2/c1-12-6-8-15(9-7-12)19-17(22)18(23)21-20-16-10-13-4-2-3-5-14(13)11-16/h2-9H,10-11H2,1H3,(H,19,22)(H,21,23). The van der Waals surface area contributed by atoms with Crippen LogP contribution in [0.2, 0.25) is 0 Å². The summed E-state index contributed by atoms with van der Waals surface area (Å²) in [5, 5.41) is 6.61. The van der Waals surface area contributed by atoms with Gasteiger partial charge in [0.25, 0.3) is 0 Å². The van der Waals surface area contributed by atoms with Crippen LogP contribution < -0.4 is 10.7 Å². The number of hydrogen-bond donors (Lipinski definition) is 2. The van der Waals surface area contributed by atoms with E-state index in [4.69, 9.17) is 0 Å². The molecule has 0 saturated carbocycles. The van der Waals surface area contributed by atoms with E-state index in [2.05, 4.69) is 15.8 Å². The molecule has 23 heavy (non-hydrogen) atoms. The first-order valence-corrected chi connectivity index (χ1v) is 7.42. The fourth-order valence-corrected chi connectivity index (χ4v) is 2.49. The van der Waals surface area contributed by atoms with Gasteiger partial charge >= 0.3 is 11.8 Å². The molecule has 2 aromatic rings. The second-order valence-electron chi connectivity index (χ2n) is 5.56.